The lowest BCUT2D eigenvalue weighted by Crippen LogP contribution is -2.27. The van der Waals surface area contributed by atoms with Gasteiger partial charge < -0.3 is 14.5 Å². The predicted octanol–water partition coefficient (Wildman–Crippen LogP) is 0.326. The Kier molecular flexibility index (Phi) is 1.69. The van der Waals surface area contributed by atoms with Gasteiger partial charge in [0, 0.05) is 6.42 Å². The molecule has 1 unspecified atom stereocenters. The van der Waals surface area contributed by atoms with Gasteiger partial charge in [-0.05, 0) is 0 Å². The summed E-state index contributed by atoms with van der Waals surface area (Å²) < 4.78 is 9.71. The first-order valence-corrected chi connectivity index (χ1v) is 3.65. The van der Waals surface area contributed by atoms with Gasteiger partial charge in [0.15, 0.2) is 6.39 Å². The van der Waals surface area contributed by atoms with Crippen molar-refractivity contribution in [3.05, 3.63) is 18.4 Å². The van der Waals surface area contributed by atoms with Gasteiger partial charge >= 0.3 is 6.09 Å². The van der Waals surface area contributed by atoms with Crippen LogP contribution in [0.25, 0.3) is 0 Å². The number of amides is 1. The van der Waals surface area contributed by atoms with Crippen LogP contribution in [0.3, 0.4) is 0 Å². The number of oxazole rings is 1. The molecule has 5 heteroatoms. The highest BCUT2D eigenvalue weighted by molar-refractivity contribution is 5.69. The molecular formula is C7H8N2O3. The minimum Gasteiger partial charge on any atom is -0.448 e. The quantitative estimate of drug-likeness (QED) is 0.690. The fourth-order valence-corrected chi connectivity index (χ4v) is 1.12. The summed E-state index contributed by atoms with van der Waals surface area (Å²) in [6.07, 6.45) is 3.27. The lowest BCUT2D eigenvalue weighted by atomic mass is 10.2. The van der Waals surface area contributed by atoms with E-state index in [1.807, 2.05) is 0 Å². The van der Waals surface area contributed by atoms with Gasteiger partial charge in [0.05, 0.1) is 12.2 Å². The van der Waals surface area contributed by atoms with Crippen LogP contribution < -0.4 is 5.32 Å². The van der Waals surface area contributed by atoms with Gasteiger partial charge in [-0.15, -0.1) is 0 Å². The van der Waals surface area contributed by atoms with Gasteiger partial charge in [-0.3, -0.25) is 0 Å². The van der Waals surface area contributed by atoms with Crippen molar-refractivity contribution in [2.45, 2.75) is 12.5 Å². The Morgan fingerprint density at radius 1 is 1.75 bits per heavy atom. The van der Waals surface area contributed by atoms with Crippen molar-refractivity contribution in [3.8, 4) is 0 Å². The summed E-state index contributed by atoms with van der Waals surface area (Å²) >= 11 is 0. The molecule has 0 aliphatic carbocycles. The summed E-state index contributed by atoms with van der Waals surface area (Å²) in [6.45, 7) is 0.402. The molecule has 0 bridgehead atoms. The third-order valence-corrected chi connectivity index (χ3v) is 1.67. The van der Waals surface area contributed by atoms with Gasteiger partial charge in [-0.25, -0.2) is 9.78 Å². The first-order valence-electron chi connectivity index (χ1n) is 3.65. The van der Waals surface area contributed by atoms with Crippen molar-refractivity contribution in [1.29, 1.82) is 0 Å². The molecule has 1 aliphatic rings. The second-order valence-corrected chi connectivity index (χ2v) is 2.61. The molecular weight excluding hydrogens is 160 g/mol. The zero-order valence-corrected chi connectivity index (χ0v) is 6.32. The van der Waals surface area contributed by atoms with Crippen LogP contribution >= 0.6 is 0 Å². The van der Waals surface area contributed by atoms with Gasteiger partial charge in [-0.2, -0.15) is 0 Å². The fourth-order valence-electron chi connectivity index (χ4n) is 1.12. The molecule has 64 valence electrons. The summed E-state index contributed by atoms with van der Waals surface area (Å²) in [5, 5.41) is 2.64. The lowest BCUT2D eigenvalue weighted by molar-refractivity contribution is 0.176. The van der Waals surface area contributed by atoms with E-state index in [4.69, 9.17) is 9.15 Å². The molecule has 0 spiro atoms. The molecule has 12 heavy (non-hydrogen) atoms. The second-order valence-electron chi connectivity index (χ2n) is 2.61. The standard InChI is InChI=1S/C7H8N2O3/c10-7-9-5(3-11-7)1-6-2-8-4-12-6/h2,4-5H,1,3H2,(H,9,10). The number of alkyl carbamates (subject to hydrolysis) is 1. The zero-order valence-electron chi connectivity index (χ0n) is 6.32. The maximum Gasteiger partial charge on any atom is 0.407 e. The van der Waals surface area contributed by atoms with Crippen LogP contribution in [0.15, 0.2) is 17.0 Å². The Morgan fingerprint density at radius 3 is 3.25 bits per heavy atom. The second kappa shape index (κ2) is 2.84. The molecule has 1 amide bonds. The van der Waals surface area contributed by atoms with Crippen molar-refractivity contribution >= 4 is 6.09 Å². The molecule has 0 aromatic carbocycles. The van der Waals surface area contributed by atoms with Crippen LogP contribution in [0.2, 0.25) is 0 Å². The van der Waals surface area contributed by atoms with E-state index in [0.29, 0.717) is 13.0 Å². The number of nitrogens with zero attached hydrogens (tertiary/aromatic N) is 1. The van der Waals surface area contributed by atoms with E-state index < -0.39 is 0 Å². The number of carbonyl (C=O) groups excluding carboxylic acids is 1. The largest absolute Gasteiger partial charge is 0.448 e. The van der Waals surface area contributed by atoms with Crippen molar-refractivity contribution in [3.63, 3.8) is 0 Å². The highest BCUT2D eigenvalue weighted by Crippen LogP contribution is 2.06. The normalized spacial score (nSPS) is 22.0. The number of ether oxygens (including phenoxy) is 1. The van der Waals surface area contributed by atoms with E-state index in [1.54, 1.807) is 6.20 Å². The Labute approximate surface area is 68.7 Å². The Balaban J connectivity index is 1.92. The average molecular weight is 168 g/mol. The van der Waals surface area contributed by atoms with Crippen LogP contribution in [0.4, 0.5) is 4.79 Å². The number of rotatable bonds is 2. The minimum atomic E-state index is -0.362. The topological polar surface area (TPSA) is 64.4 Å². The molecule has 5 nitrogen and oxygen atoms in total. The summed E-state index contributed by atoms with van der Waals surface area (Å²) in [7, 11) is 0. The number of hydrogen-bond acceptors (Lipinski definition) is 4. The minimum absolute atomic E-state index is 0.0189. The summed E-state index contributed by atoms with van der Waals surface area (Å²) in [4.78, 5) is 14.4. The Morgan fingerprint density at radius 2 is 2.67 bits per heavy atom. The van der Waals surface area contributed by atoms with Crippen LogP contribution in [0.5, 0.6) is 0 Å². The molecule has 1 aromatic heterocycles. The third-order valence-electron chi connectivity index (χ3n) is 1.67. The molecule has 0 radical (unpaired) electrons. The van der Waals surface area contributed by atoms with E-state index in [0.717, 1.165) is 5.76 Å². The molecule has 1 atom stereocenters. The molecule has 1 fully saturated rings. The molecule has 1 aliphatic heterocycles. The lowest BCUT2D eigenvalue weighted by Gasteiger charge is -2.01. The smallest absolute Gasteiger partial charge is 0.407 e. The maximum absolute atomic E-state index is 10.6. The van der Waals surface area contributed by atoms with E-state index >= 15 is 0 Å². The van der Waals surface area contributed by atoms with Crippen molar-refractivity contribution in [1.82, 2.24) is 10.3 Å². The van der Waals surface area contributed by atoms with Gasteiger partial charge in [0.25, 0.3) is 0 Å². The number of aromatic nitrogens is 1. The SMILES string of the molecule is O=C1NC(Cc2cnco2)CO1. The maximum atomic E-state index is 10.6. The van der Waals surface area contributed by atoms with E-state index in [1.165, 1.54) is 6.39 Å². The number of nitrogens with one attached hydrogen (secondary N) is 1. The number of carbonyl (C=O) groups is 1. The monoisotopic (exact) mass is 168 g/mol. The Bertz CT molecular complexity index is 270. The van der Waals surface area contributed by atoms with Crippen molar-refractivity contribution in [2.24, 2.45) is 0 Å². The van der Waals surface area contributed by atoms with Crippen LogP contribution in [0, 0.1) is 0 Å². The van der Waals surface area contributed by atoms with Crippen LogP contribution in [0.1, 0.15) is 5.76 Å². The van der Waals surface area contributed by atoms with Crippen molar-refractivity contribution < 1.29 is 13.9 Å². The van der Waals surface area contributed by atoms with Crippen LogP contribution in [-0.4, -0.2) is 23.7 Å². The molecule has 1 saturated heterocycles. The van der Waals surface area contributed by atoms with Gasteiger partial charge in [0.2, 0.25) is 0 Å². The Hall–Kier alpha value is -1.52. The van der Waals surface area contributed by atoms with E-state index in [-0.39, 0.29) is 12.1 Å². The predicted molar refractivity (Wildman–Crippen MR) is 38.5 cm³/mol. The van der Waals surface area contributed by atoms with Crippen molar-refractivity contribution in [2.75, 3.05) is 6.61 Å². The zero-order chi connectivity index (χ0) is 8.39. The first kappa shape index (κ1) is 7.15. The fraction of sp³-hybridized carbons (Fsp3) is 0.429. The van der Waals surface area contributed by atoms with Gasteiger partial charge in [-0.1, -0.05) is 0 Å². The molecule has 1 aromatic rings. The number of hydrogen-bond donors (Lipinski definition) is 1. The van der Waals surface area contributed by atoms with Gasteiger partial charge in [0.1, 0.15) is 12.4 Å². The summed E-state index contributed by atoms with van der Waals surface area (Å²) in [5.41, 5.74) is 0. The highest BCUT2D eigenvalue weighted by atomic mass is 16.6. The van der Waals surface area contributed by atoms with E-state index in [2.05, 4.69) is 10.3 Å². The number of cyclic esters (lactones) is 1. The third kappa shape index (κ3) is 1.39. The first-order chi connectivity index (χ1) is 5.84. The molecule has 0 saturated carbocycles. The molecule has 2 heterocycles. The highest BCUT2D eigenvalue weighted by Gasteiger charge is 2.22. The summed E-state index contributed by atoms with van der Waals surface area (Å²) in [6, 6.07) is 0.0189. The summed E-state index contributed by atoms with van der Waals surface area (Å²) in [5.74, 6) is 0.755. The molecule has 2 rings (SSSR count). The van der Waals surface area contributed by atoms with Crippen LogP contribution in [-0.2, 0) is 11.2 Å². The average Bonchev–Trinajstić information content (AvgIpc) is 2.63. The molecule has 1 N–H and O–H groups in total. The van der Waals surface area contributed by atoms with E-state index in [9.17, 15) is 4.79 Å².